The first-order valence-corrected chi connectivity index (χ1v) is 4.91. The van der Waals surface area contributed by atoms with Crippen molar-refractivity contribution in [2.75, 3.05) is 6.61 Å². The number of halogens is 2. The lowest BCUT2D eigenvalue weighted by molar-refractivity contribution is -0.0164. The van der Waals surface area contributed by atoms with Gasteiger partial charge in [-0.15, -0.1) is 0 Å². The lowest BCUT2D eigenvalue weighted by atomic mass is 10.0. The van der Waals surface area contributed by atoms with Crippen molar-refractivity contribution in [1.29, 1.82) is 0 Å². The first-order chi connectivity index (χ1) is 6.97. The highest BCUT2D eigenvalue weighted by molar-refractivity contribution is 9.10. The van der Waals surface area contributed by atoms with Crippen LogP contribution in [-0.4, -0.2) is 33.1 Å². The van der Waals surface area contributed by atoms with Gasteiger partial charge in [0.2, 0.25) is 0 Å². The van der Waals surface area contributed by atoms with Gasteiger partial charge in [0.05, 0.1) is 6.61 Å². The fourth-order valence-electron chi connectivity index (χ4n) is 1.12. The third kappa shape index (κ3) is 2.66. The molecular weight excluding hydrogens is 271 g/mol. The van der Waals surface area contributed by atoms with Crippen LogP contribution in [0.5, 0.6) is 5.75 Å². The monoisotopic (exact) mass is 280 g/mol. The topological polar surface area (TPSA) is 80.9 Å². The van der Waals surface area contributed by atoms with E-state index in [0.29, 0.717) is 4.47 Å². The Bertz CT molecular complexity index is 358. The van der Waals surface area contributed by atoms with Gasteiger partial charge in [-0.1, -0.05) is 15.9 Å². The second kappa shape index (κ2) is 4.89. The largest absolute Gasteiger partial charge is 0.505 e. The number of hydrogen-bond acceptors (Lipinski definition) is 4. The van der Waals surface area contributed by atoms with Crippen LogP contribution in [0.2, 0.25) is 0 Å². The van der Waals surface area contributed by atoms with Gasteiger partial charge in [-0.25, -0.2) is 4.39 Å². The van der Waals surface area contributed by atoms with Crippen molar-refractivity contribution in [3.8, 4) is 5.75 Å². The molecular formula is C9H10BrFO4. The molecule has 0 bridgehead atoms. The zero-order valence-corrected chi connectivity index (χ0v) is 9.15. The minimum Gasteiger partial charge on any atom is -0.505 e. The molecule has 1 aromatic rings. The van der Waals surface area contributed by atoms with E-state index in [0.717, 1.165) is 6.07 Å². The zero-order chi connectivity index (χ0) is 11.6. The Morgan fingerprint density at radius 3 is 2.47 bits per heavy atom. The summed E-state index contributed by atoms with van der Waals surface area (Å²) in [6.45, 7) is -0.686. The van der Waals surface area contributed by atoms with Crippen LogP contribution in [0.25, 0.3) is 0 Å². The van der Waals surface area contributed by atoms with Crippen molar-refractivity contribution in [2.24, 2.45) is 0 Å². The number of phenolic OH excluding ortho intramolecular Hbond substituents is 1. The van der Waals surface area contributed by atoms with Crippen LogP contribution in [0, 0.1) is 5.82 Å². The van der Waals surface area contributed by atoms with Crippen molar-refractivity contribution in [3.63, 3.8) is 0 Å². The van der Waals surface area contributed by atoms with Crippen molar-refractivity contribution in [3.05, 3.63) is 28.0 Å². The van der Waals surface area contributed by atoms with Crippen LogP contribution in [-0.2, 0) is 0 Å². The van der Waals surface area contributed by atoms with Crippen molar-refractivity contribution >= 4 is 15.9 Å². The molecule has 1 aromatic carbocycles. The predicted octanol–water partition coefficient (Wildman–Crippen LogP) is 0.680. The average Bonchev–Trinajstić information content (AvgIpc) is 2.21. The van der Waals surface area contributed by atoms with Gasteiger partial charge in [0.1, 0.15) is 12.2 Å². The number of aliphatic hydroxyl groups is 3. The minimum atomic E-state index is -1.54. The third-order valence-corrected chi connectivity index (χ3v) is 2.39. The second-order valence-corrected chi connectivity index (χ2v) is 3.94. The molecule has 0 spiro atoms. The quantitative estimate of drug-likeness (QED) is 0.657. The molecule has 0 heterocycles. The average molecular weight is 281 g/mol. The molecule has 2 unspecified atom stereocenters. The maximum Gasteiger partial charge on any atom is 0.166 e. The number of aromatic hydroxyl groups is 1. The number of phenols is 1. The molecule has 2 atom stereocenters. The minimum absolute atomic E-state index is 0.177. The Morgan fingerprint density at radius 2 is 1.93 bits per heavy atom. The van der Waals surface area contributed by atoms with Crippen LogP contribution in [0.3, 0.4) is 0 Å². The van der Waals surface area contributed by atoms with Gasteiger partial charge in [-0.05, 0) is 12.1 Å². The summed E-state index contributed by atoms with van der Waals surface area (Å²) < 4.78 is 13.3. The molecule has 4 nitrogen and oxygen atoms in total. The molecule has 0 radical (unpaired) electrons. The summed E-state index contributed by atoms with van der Waals surface area (Å²) in [6.07, 6.45) is -3.01. The van der Waals surface area contributed by atoms with Crippen LogP contribution >= 0.6 is 15.9 Å². The summed E-state index contributed by atoms with van der Waals surface area (Å²) in [4.78, 5) is 0. The Labute approximate surface area is 93.7 Å². The van der Waals surface area contributed by atoms with Crippen molar-refractivity contribution < 1.29 is 24.8 Å². The summed E-state index contributed by atoms with van der Waals surface area (Å²) in [5, 5.41) is 36.5. The Hall–Kier alpha value is -0.690. The molecule has 0 fully saturated rings. The van der Waals surface area contributed by atoms with Crippen molar-refractivity contribution in [2.45, 2.75) is 12.2 Å². The van der Waals surface area contributed by atoms with Gasteiger partial charge in [0.15, 0.2) is 11.6 Å². The Balaban J connectivity index is 3.13. The predicted molar refractivity (Wildman–Crippen MR) is 53.8 cm³/mol. The first-order valence-electron chi connectivity index (χ1n) is 4.12. The van der Waals surface area contributed by atoms with Crippen LogP contribution < -0.4 is 0 Å². The summed E-state index contributed by atoms with van der Waals surface area (Å²) in [5.41, 5.74) is -0.177. The van der Waals surface area contributed by atoms with Gasteiger partial charge < -0.3 is 20.4 Å². The second-order valence-electron chi connectivity index (χ2n) is 3.02. The molecule has 0 aliphatic rings. The molecule has 1 rings (SSSR count). The van der Waals surface area contributed by atoms with E-state index in [9.17, 15) is 14.6 Å². The molecule has 15 heavy (non-hydrogen) atoms. The van der Waals surface area contributed by atoms with E-state index < -0.39 is 30.4 Å². The summed E-state index contributed by atoms with van der Waals surface area (Å²) in [5.74, 6) is -1.65. The molecule has 0 saturated carbocycles. The summed E-state index contributed by atoms with van der Waals surface area (Å²) >= 11 is 2.98. The zero-order valence-electron chi connectivity index (χ0n) is 7.56. The fraction of sp³-hybridized carbons (Fsp3) is 0.333. The highest BCUT2D eigenvalue weighted by Crippen LogP contribution is 2.32. The number of benzene rings is 1. The molecule has 84 valence electrons. The third-order valence-electron chi connectivity index (χ3n) is 1.93. The first kappa shape index (κ1) is 12.4. The highest BCUT2D eigenvalue weighted by atomic mass is 79.9. The highest BCUT2D eigenvalue weighted by Gasteiger charge is 2.22. The van der Waals surface area contributed by atoms with Crippen LogP contribution in [0.4, 0.5) is 4.39 Å². The normalized spacial score (nSPS) is 15.0. The smallest absolute Gasteiger partial charge is 0.166 e. The number of hydrogen-bond donors (Lipinski definition) is 4. The SMILES string of the molecule is OCC(O)C(O)c1cc(Br)cc(F)c1O. The Kier molecular flexibility index (Phi) is 4.04. The van der Waals surface area contributed by atoms with Crippen LogP contribution in [0.1, 0.15) is 11.7 Å². The molecule has 0 aliphatic carbocycles. The summed E-state index contributed by atoms with van der Waals surface area (Å²) in [7, 11) is 0. The van der Waals surface area contributed by atoms with E-state index in [1.54, 1.807) is 0 Å². The van der Waals surface area contributed by atoms with E-state index >= 15 is 0 Å². The lowest BCUT2D eigenvalue weighted by Crippen LogP contribution is -2.22. The van der Waals surface area contributed by atoms with Crippen molar-refractivity contribution in [1.82, 2.24) is 0 Å². The lowest BCUT2D eigenvalue weighted by Gasteiger charge is -2.17. The van der Waals surface area contributed by atoms with Gasteiger partial charge in [-0.3, -0.25) is 0 Å². The van der Waals surface area contributed by atoms with Gasteiger partial charge in [-0.2, -0.15) is 0 Å². The number of aliphatic hydroxyl groups excluding tert-OH is 3. The Morgan fingerprint density at radius 1 is 1.33 bits per heavy atom. The maximum absolute atomic E-state index is 13.0. The summed E-state index contributed by atoms with van der Waals surface area (Å²) in [6, 6.07) is 2.29. The van der Waals surface area contributed by atoms with Crippen LogP contribution in [0.15, 0.2) is 16.6 Å². The molecule has 6 heteroatoms. The van der Waals surface area contributed by atoms with E-state index in [4.69, 9.17) is 10.2 Å². The maximum atomic E-state index is 13.0. The van der Waals surface area contributed by atoms with E-state index in [1.807, 2.05) is 0 Å². The molecule has 0 aromatic heterocycles. The number of rotatable bonds is 3. The molecule has 0 aliphatic heterocycles. The molecule has 4 N–H and O–H groups in total. The van der Waals surface area contributed by atoms with E-state index in [1.165, 1.54) is 6.07 Å². The standard InChI is InChI=1S/C9H10BrFO4/c10-4-1-5(8(14)6(11)2-4)9(15)7(13)3-12/h1-2,7,9,12-15H,3H2. The molecule has 0 saturated heterocycles. The molecule has 0 amide bonds. The van der Waals surface area contributed by atoms with E-state index in [-0.39, 0.29) is 5.56 Å². The van der Waals surface area contributed by atoms with Gasteiger partial charge in [0.25, 0.3) is 0 Å². The fourth-order valence-corrected chi connectivity index (χ4v) is 1.57. The van der Waals surface area contributed by atoms with E-state index in [2.05, 4.69) is 15.9 Å². The van der Waals surface area contributed by atoms with Gasteiger partial charge >= 0.3 is 0 Å². The van der Waals surface area contributed by atoms with Gasteiger partial charge in [0, 0.05) is 10.0 Å².